The second-order valence-electron chi connectivity index (χ2n) is 6.08. The Morgan fingerprint density at radius 3 is 2.65 bits per heavy atom. The highest BCUT2D eigenvalue weighted by atomic mass is 35.5. The van der Waals surface area contributed by atoms with Gasteiger partial charge in [-0.15, -0.1) is 29.9 Å². The molecular formula is C16H27Cl2N7O. The molecule has 1 aromatic heterocycles. The number of benzene rings is 1. The number of aromatic nitrogens is 4. The molecule has 10 heteroatoms. The standard InChI is InChI=1S/C16H25N7O.2ClH/c1-12-19-20-21-23(12)14-8-6-7-13(11-14)18-16(24)15(17)9-4-5-10-22(2)3;;/h6-8,11,15H,4-5,9-10,17H2,1-3H3,(H,18,24);2*1H/t15-;;/m0../s1. The number of hydrogen-bond acceptors (Lipinski definition) is 6. The highest BCUT2D eigenvalue weighted by molar-refractivity contribution is 5.94. The molecule has 26 heavy (non-hydrogen) atoms. The fourth-order valence-corrected chi connectivity index (χ4v) is 2.34. The van der Waals surface area contributed by atoms with Crippen molar-refractivity contribution >= 4 is 36.4 Å². The maximum absolute atomic E-state index is 12.2. The van der Waals surface area contributed by atoms with Gasteiger partial charge in [0.05, 0.1) is 11.7 Å². The van der Waals surface area contributed by atoms with E-state index in [1.165, 1.54) is 0 Å². The van der Waals surface area contributed by atoms with Crippen molar-refractivity contribution in [2.24, 2.45) is 5.73 Å². The summed E-state index contributed by atoms with van der Waals surface area (Å²) in [7, 11) is 4.07. The third kappa shape index (κ3) is 7.25. The number of anilines is 1. The molecule has 0 fully saturated rings. The number of hydrogen-bond donors (Lipinski definition) is 2. The van der Waals surface area contributed by atoms with Crippen LogP contribution in [0.15, 0.2) is 24.3 Å². The Hall–Kier alpha value is -1.74. The number of carbonyl (C=O) groups excluding carboxylic acids is 1. The first kappa shape index (κ1) is 24.3. The lowest BCUT2D eigenvalue weighted by Crippen LogP contribution is -2.35. The van der Waals surface area contributed by atoms with E-state index in [4.69, 9.17) is 5.73 Å². The minimum atomic E-state index is -0.509. The second kappa shape index (κ2) is 11.8. The third-order valence-corrected chi connectivity index (χ3v) is 3.69. The maximum Gasteiger partial charge on any atom is 0.241 e. The van der Waals surface area contributed by atoms with E-state index in [0.717, 1.165) is 25.1 Å². The van der Waals surface area contributed by atoms with Crippen LogP contribution in [0.5, 0.6) is 0 Å². The Labute approximate surface area is 166 Å². The third-order valence-electron chi connectivity index (χ3n) is 3.69. The first-order valence-corrected chi connectivity index (χ1v) is 8.04. The summed E-state index contributed by atoms with van der Waals surface area (Å²) in [4.78, 5) is 14.3. The zero-order chi connectivity index (χ0) is 17.5. The summed E-state index contributed by atoms with van der Waals surface area (Å²) < 4.78 is 1.61. The SMILES string of the molecule is Cc1nnnn1-c1cccc(NC(=O)[C@@H](N)CCCCN(C)C)c1.Cl.Cl. The van der Waals surface area contributed by atoms with Gasteiger partial charge >= 0.3 is 0 Å². The average molecular weight is 404 g/mol. The number of nitrogens with zero attached hydrogens (tertiary/aromatic N) is 5. The van der Waals surface area contributed by atoms with Gasteiger partial charge in [0, 0.05) is 5.69 Å². The van der Waals surface area contributed by atoms with Gasteiger partial charge < -0.3 is 16.0 Å². The number of tetrazole rings is 1. The molecule has 0 aliphatic carbocycles. The lowest BCUT2D eigenvalue weighted by atomic mass is 10.1. The molecule has 1 atom stereocenters. The molecule has 0 aliphatic heterocycles. The van der Waals surface area contributed by atoms with E-state index in [0.29, 0.717) is 17.9 Å². The van der Waals surface area contributed by atoms with Crippen LogP contribution in [0, 0.1) is 6.92 Å². The zero-order valence-corrected chi connectivity index (χ0v) is 16.9. The Balaban J connectivity index is 0.00000312. The van der Waals surface area contributed by atoms with Crippen LogP contribution in [0.25, 0.3) is 5.69 Å². The summed E-state index contributed by atoms with van der Waals surface area (Å²) in [6.07, 6.45) is 2.63. The van der Waals surface area contributed by atoms with Crippen LogP contribution in [0.2, 0.25) is 0 Å². The fourth-order valence-electron chi connectivity index (χ4n) is 2.34. The summed E-state index contributed by atoms with van der Waals surface area (Å²) in [5.74, 6) is 0.501. The van der Waals surface area contributed by atoms with E-state index in [-0.39, 0.29) is 30.7 Å². The number of amides is 1. The lowest BCUT2D eigenvalue weighted by molar-refractivity contribution is -0.117. The van der Waals surface area contributed by atoms with Gasteiger partial charge in [0.25, 0.3) is 0 Å². The summed E-state index contributed by atoms with van der Waals surface area (Å²) in [5.41, 5.74) is 7.44. The highest BCUT2D eigenvalue weighted by Gasteiger charge is 2.14. The van der Waals surface area contributed by atoms with Gasteiger partial charge in [0.2, 0.25) is 5.91 Å². The Bertz CT molecular complexity index is 678. The predicted molar refractivity (Wildman–Crippen MR) is 107 cm³/mol. The van der Waals surface area contributed by atoms with E-state index in [1.807, 2.05) is 45.3 Å². The molecule has 8 nitrogen and oxygen atoms in total. The molecule has 146 valence electrons. The largest absolute Gasteiger partial charge is 0.325 e. The van der Waals surface area contributed by atoms with Gasteiger partial charge in [0.1, 0.15) is 0 Å². The number of aryl methyl sites for hydroxylation is 1. The lowest BCUT2D eigenvalue weighted by Gasteiger charge is -2.14. The summed E-state index contributed by atoms with van der Waals surface area (Å²) in [5, 5.41) is 14.3. The van der Waals surface area contributed by atoms with Gasteiger partial charge in [-0.1, -0.05) is 12.5 Å². The van der Waals surface area contributed by atoms with E-state index in [2.05, 4.69) is 25.7 Å². The number of rotatable bonds is 8. The van der Waals surface area contributed by atoms with Gasteiger partial charge in [-0.25, -0.2) is 0 Å². The quantitative estimate of drug-likeness (QED) is 0.651. The second-order valence-corrected chi connectivity index (χ2v) is 6.08. The van der Waals surface area contributed by atoms with Crippen molar-refractivity contribution in [3.63, 3.8) is 0 Å². The van der Waals surface area contributed by atoms with Crippen LogP contribution < -0.4 is 11.1 Å². The molecule has 0 saturated carbocycles. The molecule has 0 unspecified atom stereocenters. The maximum atomic E-state index is 12.2. The molecule has 1 aromatic carbocycles. The van der Waals surface area contributed by atoms with Crippen LogP contribution in [-0.2, 0) is 4.79 Å². The fraction of sp³-hybridized carbons (Fsp3) is 0.500. The van der Waals surface area contributed by atoms with Crippen molar-refractivity contribution < 1.29 is 4.79 Å². The highest BCUT2D eigenvalue weighted by Crippen LogP contribution is 2.15. The normalized spacial score (nSPS) is 11.4. The number of carbonyl (C=O) groups is 1. The molecule has 2 rings (SSSR count). The number of nitrogens with two attached hydrogens (primary N) is 1. The first-order chi connectivity index (χ1) is 11.5. The minimum absolute atomic E-state index is 0. The van der Waals surface area contributed by atoms with Crippen molar-refractivity contribution in [3.05, 3.63) is 30.1 Å². The Morgan fingerprint density at radius 1 is 1.31 bits per heavy atom. The summed E-state index contributed by atoms with van der Waals surface area (Å²) >= 11 is 0. The van der Waals surface area contributed by atoms with Crippen molar-refractivity contribution in [3.8, 4) is 5.69 Å². The molecule has 1 heterocycles. The van der Waals surface area contributed by atoms with Crippen LogP contribution in [0.1, 0.15) is 25.1 Å². The van der Waals surface area contributed by atoms with E-state index in [1.54, 1.807) is 4.68 Å². The number of unbranched alkanes of at least 4 members (excludes halogenated alkanes) is 1. The Morgan fingerprint density at radius 2 is 2.04 bits per heavy atom. The predicted octanol–water partition coefficient (Wildman–Crippen LogP) is 1.81. The van der Waals surface area contributed by atoms with Gasteiger partial charge in [-0.3, -0.25) is 4.79 Å². The summed E-state index contributed by atoms with van der Waals surface area (Å²) in [6, 6.07) is 6.85. The van der Waals surface area contributed by atoms with Gasteiger partial charge in [0.15, 0.2) is 5.82 Å². The minimum Gasteiger partial charge on any atom is -0.325 e. The topological polar surface area (TPSA) is 102 Å². The van der Waals surface area contributed by atoms with Crippen molar-refractivity contribution in [2.45, 2.75) is 32.2 Å². The van der Waals surface area contributed by atoms with Crippen LogP contribution in [0.3, 0.4) is 0 Å². The molecule has 0 bridgehead atoms. The van der Waals surface area contributed by atoms with E-state index < -0.39 is 6.04 Å². The van der Waals surface area contributed by atoms with Gasteiger partial charge in [-0.05, 0) is 69.0 Å². The average Bonchev–Trinajstić information content (AvgIpc) is 2.97. The molecule has 0 aliphatic rings. The monoisotopic (exact) mass is 403 g/mol. The number of halogens is 2. The smallest absolute Gasteiger partial charge is 0.241 e. The van der Waals surface area contributed by atoms with Crippen LogP contribution >= 0.6 is 24.8 Å². The molecular weight excluding hydrogens is 377 g/mol. The van der Waals surface area contributed by atoms with Crippen LogP contribution in [0.4, 0.5) is 5.69 Å². The van der Waals surface area contributed by atoms with E-state index in [9.17, 15) is 4.79 Å². The van der Waals surface area contributed by atoms with Crippen molar-refractivity contribution in [2.75, 3.05) is 26.0 Å². The van der Waals surface area contributed by atoms with Crippen molar-refractivity contribution in [1.29, 1.82) is 0 Å². The molecule has 0 spiro atoms. The first-order valence-electron chi connectivity index (χ1n) is 8.04. The summed E-state index contributed by atoms with van der Waals surface area (Å²) in [6.45, 7) is 2.82. The molecule has 3 N–H and O–H groups in total. The zero-order valence-electron chi connectivity index (χ0n) is 15.3. The van der Waals surface area contributed by atoms with Crippen LogP contribution in [-0.4, -0.2) is 57.7 Å². The molecule has 1 amide bonds. The Kier molecular flexibility index (Phi) is 11.0. The van der Waals surface area contributed by atoms with E-state index >= 15 is 0 Å². The molecule has 2 aromatic rings. The number of nitrogens with one attached hydrogen (secondary N) is 1. The molecule has 0 saturated heterocycles. The van der Waals surface area contributed by atoms with Gasteiger partial charge in [-0.2, -0.15) is 4.68 Å². The molecule has 0 radical (unpaired) electrons. The van der Waals surface area contributed by atoms with Crippen molar-refractivity contribution in [1.82, 2.24) is 25.1 Å².